The SMILES string of the molecule is Cc1noc([C@@H]2C[C@H]3OCC[C@H]3N(C(=O)c3sccc3C)C2)n1. The maximum atomic E-state index is 13.0. The van der Waals surface area contributed by atoms with Crippen LogP contribution in [0.25, 0.3) is 0 Å². The Hall–Kier alpha value is -1.73. The highest BCUT2D eigenvalue weighted by molar-refractivity contribution is 7.12. The molecule has 7 heteroatoms. The monoisotopic (exact) mass is 333 g/mol. The van der Waals surface area contributed by atoms with Gasteiger partial charge in [0, 0.05) is 13.2 Å². The van der Waals surface area contributed by atoms with Crippen molar-refractivity contribution in [3.63, 3.8) is 0 Å². The Morgan fingerprint density at radius 1 is 1.43 bits per heavy atom. The van der Waals surface area contributed by atoms with E-state index in [9.17, 15) is 4.79 Å². The summed E-state index contributed by atoms with van der Waals surface area (Å²) in [7, 11) is 0. The highest BCUT2D eigenvalue weighted by Crippen LogP contribution is 2.37. The van der Waals surface area contributed by atoms with E-state index in [1.807, 2.05) is 30.2 Å². The van der Waals surface area contributed by atoms with Crippen molar-refractivity contribution in [1.82, 2.24) is 15.0 Å². The number of aromatic nitrogens is 2. The summed E-state index contributed by atoms with van der Waals surface area (Å²) in [6.45, 7) is 5.11. The lowest BCUT2D eigenvalue weighted by molar-refractivity contribution is 0.0126. The lowest BCUT2D eigenvalue weighted by atomic mass is 9.89. The Balaban J connectivity index is 1.63. The van der Waals surface area contributed by atoms with Crippen molar-refractivity contribution in [3.8, 4) is 0 Å². The van der Waals surface area contributed by atoms with Crippen LogP contribution in [0.2, 0.25) is 0 Å². The van der Waals surface area contributed by atoms with E-state index in [1.165, 1.54) is 11.3 Å². The van der Waals surface area contributed by atoms with E-state index in [1.54, 1.807) is 0 Å². The fourth-order valence-electron chi connectivity index (χ4n) is 3.56. The van der Waals surface area contributed by atoms with E-state index in [0.717, 1.165) is 23.3 Å². The van der Waals surface area contributed by atoms with Gasteiger partial charge in [0.05, 0.1) is 22.9 Å². The first kappa shape index (κ1) is 14.8. The molecule has 6 nitrogen and oxygen atoms in total. The predicted molar refractivity (Wildman–Crippen MR) is 84.6 cm³/mol. The van der Waals surface area contributed by atoms with Crippen LogP contribution in [0.15, 0.2) is 16.0 Å². The standard InChI is InChI=1S/C16H19N3O3S/c1-9-4-6-23-14(9)16(20)19-8-11(15-17-10(2)18-22-15)7-13-12(19)3-5-21-13/h4,6,11-13H,3,5,7-8H2,1-2H3/t11-,12-,13-/m1/s1. The molecule has 2 aromatic rings. The first-order valence-electron chi connectivity index (χ1n) is 7.90. The van der Waals surface area contributed by atoms with E-state index in [2.05, 4.69) is 10.1 Å². The first-order valence-corrected chi connectivity index (χ1v) is 8.78. The molecule has 0 bridgehead atoms. The number of nitrogens with zero attached hydrogens (tertiary/aromatic N) is 3. The maximum Gasteiger partial charge on any atom is 0.264 e. The van der Waals surface area contributed by atoms with Crippen LogP contribution in [0.1, 0.15) is 45.7 Å². The maximum absolute atomic E-state index is 13.0. The smallest absolute Gasteiger partial charge is 0.264 e. The lowest BCUT2D eigenvalue weighted by Crippen LogP contribution is -2.51. The topological polar surface area (TPSA) is 68.5 Å². The third-order valence-electron chi connectivity index (χ3n) is 4.72. The summed E-state index contributed by atoms with van der Waals surface area (Å²) >= 11 is 1.50. The molecule has 0 N–H and O–H groups in total. The van der Waals surface area contributed by atoms with Crippen molar-refractivity contribution in [3.05, 3.63) is 33.6 Å². The molecule has 0 unspecified atom stereocenters. The molecule has 0 aromatic carbocycles. The number of rotatable bonds is 2. The molecule has 122 valence electrons. The number of likely N-dealkylation sites (tertiary alicyclic amines) is 1. The van der Waals surface area contributed by atoms with Gasteiger partial charge in [-0.3, -0.25) is 4.79 Å². The zero-order chi connectivity index (χ0) is 16.0. The van der Waals surface area contributed by atoms with Crippen LogP contribution in [-0.4, -0.2) is 46.2 Å². The van der Waals surface area contributed by atoms with Crippen molar-refractivity contribution in [2.75, 3.05) is 13.2 Å². The van der Waals surface area contributed by atoms with Crippen molar-refractivity contribution in [2.24, 2.45) is 0 Å². The Kier molecular flexibility index (Phi) is 3.69. The van der Waals surface area contributed by atoms with Gasteiger partial charge in [0.2, 0.25) is 5.89 Å². The molecule has 2 aliphatic rings. The average Bonchev–Trinajstić information content (AvgIpc) is 3.25. The number of carbonyl (C=O) groups is 1. The van der Waals surface area contributed by atoms with Gasteiger partial charge < -0.3 is 14.2 Å². The van der Waals surface area contributed by atoms with Gasteiger partial charge >= 0.3 is 0 Å². The van der Waals surface area contributed by atoms with Crippen molar-refractivity contribution in [2.45, 2.75) is 44.8 Å². The molecule has 3 atom stereocenters. The molecule has 0 saturated carbocycles. The lowest BCUT2D eigenvalue weighted by Gasteiger charge is -2.39. The molecular formula is C16H19N3O3S. The fraction of sp³-hybridized carbons (Fsp3) is 0.562. The van der Waals surface area contributed by atoms with Crippen LogP contribution in [0, 0.1) is 13.8 Å². The van der Waals surface area contributed by atoms with E-state index in [-0.39, 0.29) is 24.0 Å². The number of carbonyl (C=O) groups excluding carboxylic acids is 1. The Bertz CT molecular complexity index is 726. The minimum absolute atomic E-state index is 0.0415. The van der Waals surface area contributed by atoms with Crippen molar-refractivity contribution in [1.29, 1.82) is 0 Å². The average molecular weight is 333 g/mol. The Morgan fingerprint density at radius 3 is 3.00 bits per heavy atom. The number of thiophene rings is 1. The van der Waals surface area contributed by atoms with E-state index in [4.69, 9.17) is 9.26 Å². The fourth-order valence-corrected chi connectivity index (χ4v) is 4.44. The minimum atomic E-state index is 0.0415. The van der Waals surface area contributed by atoms with Crippen LogP contribution in [0.3, 0.4) is 0 Å². The summed E-state index contributed by atoms with van der Waals surface area (Å²) in [6.07, 6.45) is 1.79. The molecule has 23 heavy (non-hydrogen) atoms. The molecule has 1 amide bonds. The normalized spacial score (nSPS) is 27.2. The van der Waals surface area contributed by atoms with Gasteiger partial charge in [0.1, 0.15) is 0 Å². The molecule has 4 rings (SSSR count). The Morgan fingerprint density at radius 2 is 2.30 bits per heavy atom. The minimum Gasteiger partial charge on any atom is -0.376 e. The molecule has 0 spiro atoms. The van der Waals surface area contributed by atoms with Crippen LogP contribution in [0.4, 0.5) is 0 Å². The molecule has 2 saturated heterocycles. The molecular weight excluding hydrogens is 314 g/mol. The van der Waals surface area contributed by atoms with Gasteiger partial charge in [-0.25, -0.2) is 0 Å². The second kappa shape index (κ2) is 5.72. The molecule has 2 aromatic heterocycles. The van der Waals surface area contributed by atoms with Crippen LogP contribution in [0.5, 0.6) is 0 Å². The van der Waals surface area contributed by atoms with Gasteiger partial charge in [-0.1, -0.05) is 5.16 Å². The quantitative estimate of drug-likeness (QED) is 0.845. The second-order valence-electron chi connectivity index (χ2n) is 6.27. The summed E-state index contributed by atoms with van der Waals surface area (Å²) in [5.41, 5.74) is 1.03. The number of hydrogen-bond donors (Lipinski definition) is 0. The van der Waals surface area contributed by atoms with Crippen molar-refractivity contribution < 1.29 is 14.1 Å². The van der Waals surface area contributed by atoms with Crippen LogP contribution < -0.4 is 0 Å². The number of amides is 1. The third kappa shape index (κ3) is 2.57. The Labute approximate surface area is 138 Å². The first-order chi connectivity index (χ1) is 11.1. The highest BCUT2D eigenvalue weighted by atomic mass is 32.1. The number of hydrogen-bond acceptors (Lipinski definition) is 6. The number of fused-ring (bicyclic) bond motifs is 1. The van der Waals surface area contributed by atoms with Gasteiger partial charge in [0.15, 0.2) is 5.82 Å². The van der Waals surface area contributed by atoms with E-state index in [0.29, 0.717) is 24.9 Å². The number of ether oxygens (including phenoxy) is 1. The molecule has 2 fully saturated rings. The van der Waals surface area contributed by atoms with E-state index >= 15 is 0 Å². The number of piperidine rings is 1. The van der Waals surface area contributed by atoms with Crippen LogP contribution >= 0.6 is 11.3 Å². The third-order valence-corrected chi connectivity index (χ3v) is 5.72. The van der Waals surface area contributed by atoms with Gasteiger partial charge in [-0.05, 0) is 43.7 Å². The molecule has 0 radical (unpaired) electrons. The van der Waals surface area contributed by atoms with Gasteiger partial charge in [-0.15, -0.1) is 11.3 Å². The molecule has 2 aliphatic heterocycles. The van der Waals surface area contributed by atoms with Crippen LogP contribution in [-0.2, 0) is 4.74 Å². The molecule has 4 heterocycles. The van der Waals surface area contributed by atoms with Crippen molar-refractivity contribution >= 4 is 17.2 Å². The summed E-state index contributed by atoms with van der Waals surface area (Å²) in [5, 5.41) is 5.85. The summed E-state index contributed by atoms with van der Waals surface area (Å²) in [4.78, 5) is 20.2. The van der Waals surface area contributed by atoms with Gasteiger partial charge in [-0.2, -0.15) is 4.98 Å². The second-order valence-corrected chi connectivity index (χ2v) is 7.18. The zero-order valence-electron chi connectivity index (χ0n) is 13.2. The predicted octanol–water partition coefficient (Wildman–Crippen LogP) is 2.54. The van der Waals surface area contributed by atoms with E-state index < -0.39 is 0 Å². The van der Waals surface area contributed by atoms with Gasteiger partial charge in [0.25, 0.3) is 5.91 Å². The highest BCUT2D eigenvalue weighted by Gasteiger charge is 2.44. The zero-order valence-corrected chi connectivity index (χ0v) is 14.0. The summed E-state index contributed by atoms with van der Waals surface area (Å²) < 4.78 is 11.2. The summed E-state index contributed by atoms with van der Waals surface area (Å²) in [5.74, 6) is 1.37. The summed E-state index contributed by atoms with van der Waals surface area (Å²) in [6, 6.07) is 2.15. The molecule has 0 aliphatic carbocycles. The largest absolute Gasteiger partial charge is 0.376 e. The number of aryl methyl sites for hydroxylation is 2.